The summed E-state index contributed by atoms with van der Waals surface area (Å²) in [5.74, 6) is 0.124. The molecule has 4 rings (SSSR count). The van der Waals surface area contributed by atoms with Crippen LogP contribution >= 0.6 is 0 Å². The summed E-state index contributed by atoms with van der Waals surface area (Å²) in [6, 6.07) is 30.8. The normalized spacial score (nSPS) is 10.6. The smallest absolute Gasteiger partial charge is 0.338 e. The minimum atomic E-state index is -0.416. The van der Waals surface area contributed by atoms with Crippen LogP contribution in [-0.4, -0.2) is 5.97 Å². The molecule has 3 nitrogen and oxygen atoms in total. The van der Waals surface area contributed by atoms with E-state index in [1.807, 2.05) is 55.5 Å². The van der Waals surface area contributed by atoms with E-state index in [-0.39, 0.29) is 0 Å². The third-order valence-electron chi connectivity index (χ3n) is 4.97. The predicted molar refractivity (Wildman–Crippen MR) is 124 cm³/mol. The van der Waals surface area contributed by atoms with Crippen molar-refractivity contribution in [3.05, 3.63) is 109 Å². The van der Waals surface area contributed by atoms with Crippen LogP contribution in [0.1, 0.15) is 12.5 Å². The van der Waals surface area contributed by atoms with E-state index in [0.717, 1.165) is 22.6 Å². The summed E-state index contributed by atoms with van der Waals surface area (Å²) in [5, 5.41) is 2.38. The Morgan fingerprint density at radius 1 is 0.767 bits per heavy atom. The van der Waals surface area contributed by atoms with Crippen molar-refractivity contribution in [1.82, 2.24) is 0 Å². The standard InChI is InChI=1S/C27H23NO2/c1-19(2)27(29)30-26-16-15-24(17-20(26)3)28(23-11-5-4-6-12-23)25-14-13-21-9-7-8-10-22(21)18-25/h4-18H,1H2,2-3H3. The molecule has 3 heteroatoms. The molecule has 148 valence electrons. The van der Waals surface area contributed by atoms with Crippen LogP contribution in [0.3, 0.4) is 0 Å². The molecule has 0 amide bonds. The molecule has 0 atom stereocenters. The second kappa shape index (κ2) is 8.26. The Hall–Kier alpha value is -3.85. The second-order valence-corrected chi connectivity index (χ2v) is 7.32. The van der Waals surface area contributed by atoms with Crippen LogP contribution in [0.15, 0.2) is 103 Å². The summed E-state index contributed by atoms with van der Waals surface area (Å²) < 4.78 is 5.45. The van der Waals surface area contributed by atoms with Crippen molar-refractivity contribution in [2.45, 2.75) is 13.8 Å². The highest BCUT2D eigenvalue weighted by molar-refractivity contribution is 5.90. The van der Waals surface area contributed by atoms with E-state index in [4.69, 9.17) is 4.74 Å². The van der Waals surface area contributed by atoms with Crippen molar-refractivity contribution in [2.24, 2.45) is 0 Å². The van der Waals surface area contributed by atoms with Gasteiger partial charge in [0, 0.05) is 22.6 Å². The Morgan fingerprint density at radius 3 is 2.10 bits per heavy atom. The molecule has 0 saturated carbocycles. The molecular weight excluding hydrogens is 370 g/mol. The SMILES string of the molecule is C=C(C)C(=O)Oc1ccc(N(c2ccccc2)c2ccc3ccccc3c2)cc1C. The first-order valence-corrected chi connectivity index (χ1v) is 9.85. The maximum Gasteiger partial charge on any atom is 0.338 e. The van der Waals surface area contributed by atoms with Crippen LogP contribution in [0.5, 0.6) is 5.75 Å². The highest BCUT2D eigenvalue weighted by atomic mass is 16.5. The van der Waals surface area contributed by atoms with Gasteiger partial charge >= 0.3 is 5.97 Å². The lowest BCUT2D eigenvalue weighted by molar-refractivity contribution is -0.130. The van der Waals surface area contributed by atoms with Gasteiger partial charge in [0.1, 0.15) is 5.75 Å². The molecule has 0 aliphatic carbocycles. The van der Waals surface area contributed by atoms with Gasteiger partial charge in [0.25, 0.3) is 0 Å². The largest absolute Gasteiger partial charge is 0.423 e. The molecule has 4 aromatic rings. The van der Waals surface area contributed by atoms with E-state index in [1.165, 1.54) is 10.8 Å². The zero-order chi connectivity index (χ0) is 21.1. The number of benzene rings is 4. The molecule has 0 spiro atoms. The number of esters is 1. The lowest BCUT2D eigenvalue weighted by Crippen LogP contribution is -2.12. The van der Waals surface area contributed by atoms with Crippen molar-refractivity contribution in [3.8, 4) is 5.75 Å². The molecule has 0 aliphatic rings. The van der Waals surface area contributed by atoms with Crippen LogP contribution in [-0.2, 0) is 4.79 Å². The van der Waals surface area contributed by atoms with E-state index < -0.39 is 5.97 Å². The summed E-state index contributed by atoms with van der Waals surface area (Å²) in [6.07, 6.45) is 0. The zero-order valence-electron chi connectivity index (χ0n) is 17.1. The number of aryl methyl sites for hydroxylation is 1. The van der Waals surface area contributed by atoms with Crippen LogP contribution in [0.4, 0.5) is 17.1 Å². The summed E-state index contributed by atoms with van der Waals surface area (Å²) >= 11 is 0. The fourth-order valence-corrected chi connectivity index (χ4v) is 3.41. The van der Waals surface area contributed by atoms with Gasteiger partial charge in [-0.15, -0.1) is 0 Å². The third kappa shape index (κ3) is 3.96. The summed E-state index contributed by atoms with van der Waals surface area (Å²) in [5.41, 5.74) is 4.36. The van der Waals surface area contributed by atoms with Gasteiger partial charge in [-0.3, -0.25) is 0 Å². The van der Waals surface area contributed by atoms with Crippen molar-refractivity contribution >= 4 is 33.8 Å². The maximum atomic E-state index is 11.9. The summed E-state index contributed by atoms with van der Waals surface area (Å²) in [7, 11) is 0. The number of hydrogen-bond donors (Lipinski definition) is 0. The summed E-state index contributed by atoms with van der Waals surface area (Å²) in [4.78, 5) is 14.1. The van der Waals surface area contributed by atoms with Crippen LogP contribution in [0.25, 0.3) is 10.8 Å². The Morgan fingerprint density at radius 2 is 1.40 bits per heavy atom. The van der Waals surface area contributed by atoms with Gasteiger partial charge in [0.15, 0.2) is 0 Å². The number of ether oxygens (including phenoxy) is 1. The molecule has 0 heterocycles. The van der Waals surface area contributed by atoms with Crippen molar-refractivity contribution in [2.75, 3.05) is 4.90 Å². The number of carbonyl (C=O) groups excluding carboxylic acids is 1. The number of anilines is 3. The van der Waals surface area contributed by atoms with E-state index in [9.17, 15) is 4.79 Å². The Kier molecular flexibility index (Phi) is 5.36. The average molecular weight is 393 g/mol. The lowest BCUT2D eigenvalue weighted by atomic mass is 10.1. The highest BCUT2D eigenvalue weighted by Crippen LogP contribution is 2.37. The molecule has 0 unspecified atom stereocenters. The summed E-state index contributed by atoms with van der Waals surface area (Å²) in [6.45, 7) is 7.23. The molecule has 0 aromatic heterocycles. The number of para-hydroxylation sites is 1. The molecule has 0 radical (unpaired) electrons. The van der Waals surface area contributed by atoms with E-state index >= 15 is 0 Å². The van der Waals surface area contributed by atoms with Gasteiger partial charge < -0.3 is 9.64 Å². The molecule has 0 aliphatic heterocycles. The first-order chi connectivity index (χ1) is 14.5. The van der Waals surface area contributed by atoms with E-state index in [0.29, 0.717) is 11.3 Å². The van der Waals surface area contributed by atoms with Crippen molar-refractivity contribution in [3.63, 3.8) is 0 Å². The maximum absolute atomic E-state index is 11.9. The second-order valence-electron chi connectivity index (χ2n) is 7.32. The Balaban J connectivity index is 1.79. The Labute approximate surface area is 176 Å². The molecule has 0 saturated heterocycles. The van der Waals surface area contributed by atoms with Gasteiger partial charge in [-0.1, -0.05) is 55.1 Å². The number of hydrogen-bond acceptors (Lipinski definition) is 3. The first-order valence-electron chi connectivity index (χ1n) is 9.85. The number of rotatable bonds is 5. The minimum Gasteiger partial charge on any atom is -0.423 e. The number of fused-ring (bicyclic) bond motifs is 1. The molecule has 4 aromatic carbocycles. The number of carbonyl (C=O) groups is 1. The van der Waals surface area contributed by atoms with Crippen LogP contribution in [0, 0.1) is 6.92 Å². The topological polar surface area (TPSA) is 29.5 Å². The predicted octanol–water partition coefficient (Wildman–Crippen LogP) is 7.10. The fourth-order valence-electron chi connectivity index (χ4n) is 3.41. The van der Waals surface area contributed by atoms with Gasteiger partial charge in [-0.2, -0.15) is 0 Å². The molecular formula is C27H23NO2. The van der Waals surface area contributed by atoms with E-state index in [2.05, 4.69) is 53.9 Å². The first kappa shape index (κ1) is 19.5. The van der Waals surface area contributed by atoms with E-state index in [1.54, 1.807) is 6.92 Å². The quantitative estimate of drug-likeness (QED) is 0.206. The zero-order valence-corrected chi connectivity index (χ0v) is 17.1. The van der Waals surface area contributed by atoms with Gasteiger partial charge in [-0.25, -0.2) is 4.79 Å². The van der Waals surface area contributed by atoms with Gasteiger partial charge in [0.05, 0.1) is 0 Å². The number of nitrogens with zero attached hydrogens (tertiary/aromatic N) is 1. The lowest BCUT2D eigenvalue weighted by Gasteiger charge is -2.26. The molecule has 0 fully saturated rings. The van der Waals surface area contributed by atoms with Crippen molar-refractivity contribution < 1.29 is 9.53 Å². The van der Waals surface area contributed by atoms with Gasteiger partial charge in [-0.05, 0) is 72.6 Å². The highest BCUT2D eigenvalue weighted by Gasteiger charge is 2.15. The molecule has 30 heavy (non-hydrogen) atoms. The fraction of sp³-hybridized carbons (Fsp3) is 0.0741. The van der Waals surface area contributed by atoms with Crippen LogP contribution < -0.4 is 9.64 Å². The molecule has 0 bridgehead atoms. The minimum absolute atomic E-state index is 0.376. The van der Waals surface area contributed by atoms with Crippen molar-refractivity contribution in [1.29, 1.82) is 0 Å². The van der Waals surface area contributed by atoms with Crippen LogP contribution in [0.2, 0.25) is 0 Å². The third-order valence-corrected chi connectivity index (χ3v) is 4.97. The Bertz CT molecular complexity index is 1230. The molecule has 0 N–H and O–H groups in total. The monoisotopic (exact) mass is 393 g/mol. The average Bonchev–Trinajstić information content (AvgIpc) is 2.76. The van der Waals surface area contributed by atoms with Gasteiger partial charge in [0.2, 0.25) is 0 Å².